The zero-order valence-electron chi connectivity index (χ0n) is 6.05. The van der Waals surface area contributed by atoms with Crippen LogP contribution in [0.25, 0.3) is 0 Å². The van der Waals surface area contributed by atoms with Gasteiger partial charge < -0.3 is 10.8 Å². The van der Waals surface area contributed by atoms with Crippen molar-refractivity contribution in [2.24, 2.45) is 5.73 Å². The molecule has 1 rings (SSSR count). The fraction of sp³-hybridized carbons (Fsp3) is 0.250. The Balaban J connectivity index is 2.99. The van der Waals surface area contributed by atoms with E-state index < -0.39 is 5.82 Å². The van der Waals surface area contributed by atoms with Crippen molar-refractivity contribution in [3.05, 3.63) is 35.1 Å². The van der Waals surface area contributed by atoms with Crippen LogP contribution < -0.4 is 5.73 Å². The highest BCUT2D eigenvalue weighted by Crippen LogP contribution is 2.09. The van der Waals surface area contributed by atoms with Gasteiger partial charge in [-0.25, -0.2) is 4.39 Å². The van der Waals surface area contributed by atoms with E-state index in [0.29, 0.717) is 12.1 Å². The van der Waals surface area contributed by atoms with Gasteiger partial charge in [0.15, 0.2) is 0 Å². The molecule has 2 nitrogen and oxygen atoms in total. The number of halogens is 1. The topological polar surface area (TPSA) is 46.2 Å². The van der Waals surface area contributed by atoms with E-state index in [1.54, 1.807) is 6.07 Å². The highest BCUT2D eigenvalue weighted by atomic mass is 19.1. The Morgan fingerprint density at radius 2 is 2.18 bits per heavy atom. The molecule has 0 aliphatic heterocycles. The molecule has 1 aromatic carbocycles. The standard InChI is InChI=1S/C8H10FNO/c9-8-3-6(4-10)1-2-7(8)5-11/h1-3,11H,4-5,10H2. The summed E-state index contributed by atoms with van der Waals surface area (Å²) in [7, 11) is 0. The Kier molecular flexibility index (Phi) is 2.57. The van der Waals surface area contributed by atoms with Crippen LogP contribution in [0, 0.1) is 5.82 Å². The molecule has 0 saturated carbocycles. The summed E-state index contributed by atoms with van der Waals surface area (Å²) in [6, 6.07) is 4.58. The molecule has 0 aromatic heterocycles. The highest BCUT2D eigenvalue weighted by molar-refractivity contribution is 5.23. The van der Waals surface area contributed by atoms with Crippen molar-refractivity contribution in [1.82, 2.24) is 0 Å². The summed E-state index contributed by atoms with van der Waals surface area (Å²) < 4.78 is 12.8. The third-order valence-electron chi connectivity index (χ3n) is 1.52. The molecule has 0 radical (unpaired) electrons. The molecule has 0 unspecified atom stereocenters. The molecule has 0 aliphatic rings. The molecular formula is C8H10FNO. The zero-order valence-corrected chi connectivity index (χ0v) is 6.05. The summed E-state index contributed by atoms with van der Waals surface area (Å²) in [5.41, 5.74) is 6.32. The van der Waals surface area contributed by atoms with E-state index in [4.69, 9.17) is 10.8 Å². The summed E-state index contributed by atoms with van der Waals surface area (Å²) in [4.78, 5) is 0. The number of aliphatic hydroxyl groups excluding tert-OH is 1. The molecule has 0 bridgehead atoms. The Morgan fingerprint density at radius 1 is 1.45 bits per heavy atom. The molecule has 0 spiro atoms. The first-order valence-electron chi connectivity index (χ1n) is 3.36. The van der Waals surface area contributed by atoms with E-state index in [1.165, 1.54) is 12.1 Å². The maximum atomic E-state index is 12.8. The lowest BCUT2D eigenvalue weighted by atomic mass is 10.1. The monoisotopic (exact) mass is 155 g/mol. The summed E-state index contributed by atoms with van der Waals surface area (Å²) in [5, 5.41) is 8.61. The molecule has 60 valence electrons. The van der Waals surface area contributed by atoms with Gasteiger partial charge in [-0.3, -0.25) is 0 Å². The lowest BCUT2D eigenvalue weighted by Crippen LogP contribution is -1.98. The third kappa shape index (κ3) is 1.76. The molecule has 0 saturated heterocycles. The van der Waals surface area contributed by atoms with E-state index in [1.807, 2.05) is 0 Å². The molecule has 0 aliphatic carbocycles. The van der Waals surface area contributed by atoms with Gasteiger partial charge in [0.25, 0.3) is 0 Å². The number of hydrogen-bond acceptors (Lipinski definition) is 2. The van der Waals surface area contributed by atoms with Crippen LogP contribution in [0.2, 0.25) is 0 Å². The normalized spacial score (nSPS) is 10.1. The zero-order chi connectivity index (χ0) is 8.27. The molecule has 11 heavy (non-hydrogen) atoms. The second-order valence-electron chi connectivity index (χ2n) is 2.29. The second kappa shape index (κ2) is 3.46. The van der Waals surface area contributed by atoms with E-state index in [0.717, 1.165) is 5.56 Å². The predicted molar refractivity (Wildman–Crippen MR) is 40.2 cm³/mol. The average molecular weight is 155 g/mol. The fourth-order valence-corrected chi connectivity index (χ4v) is 0.846. The SMILES string of the molecule is NCc1ccc(CO)c(F)c1. The Labute approximate surface area is 64.5 Å². The van der Waals surface area contributed by atoms with Gasteiger partial charge in [0.05, 0.1) is 6.61 Å². The number of hydrogen-bond donors (Lipinski definition) is 2. The molecule has 0 heterocycles. The largest absolute Gasteiger partial charge is 0.392 e. The first kappa shape index (κ1) is 8.17. The van der Waals surface area contributed by atoms with Crippen LogP contribution >= 0.6 is 0 Å². The van der Waals surface area contributed by atoms with Crippen LogP contribution in [0.1, 0.15) is 11.1 Å². The maximum absolute atomic E-state index is 12.8. The quantitative estimate of drug-likeness (QED) is 0.662. The van der Waals surface area contributed by atoms with Gasteiger partial charge in [-0.15, -0.1) is 0 Å². The van der Waals surface area contributed by atoms with Crippen LogP contribution in [0.4, 0.5) is 4.39 Å². The lowest BCUT2D eigenvalue weighted by Gasteiger charge is -2.00. The van der Waals surface area contributed by atoms with E-state index in [9.17, 15) is 4.39 Å². The van der Waals surface area contributed by atoms with E-state index in [2.05, 4.69) is 0 Å². The van der Waals surface area contributed by atoms with E-state index in [-0.39, 0.29) is 6.61 Å². The van der Waals surface area contributed by atoms with Gasteiger partial charge in [0.2, 0.25) is 0 Å². The molecule has 1 aromatic rings. The minimum Gasteiger partial charge on any atom is -0.392 e. The number of aliphatic hydroxyl groups is 1. The van der Waals surface area contributed by atoms with Crippen molar-refractivity contribution in [3.8, 4) is 0 Å². The van der Waals surface area contributed by atoms with Gasteiger partial charge in [-0.05, 0) is 11.6 Å². The molecule has 3 heteroatoms. The maximum Gasteiger partial charge on any atom is 0.129 e. The van der Waals surface area contributed by atoms with Crippen LogP contribution in [0.5, 0.6) is 0 Å². The first-order chi connectivity index (χ1) is 5.27. The van der Waals surface area contributed by atoms with Crippen molar-refractivity contribution in [1.29, 1.82) is 0 Å². The Bertz CT molecular complexity index is 250. The summed E-state index contributed by atoms with van der Waals surface area (Å²) in [6.07, 6.45) is 0. The number of rotatable bonds is 2. The minimum atomic E-state index is -0.393. The molecular weight excluding hydrogens is 145 g/mol. The molecule has 0 fully saturated rings. The van der Waals surface area contributed by atoms with Crippen molar-refractivity contribution in [3.63, 3.8) is 0 Å². The average Bonchev–Trinajstić information content (AvgIpc) is 2.04. The minimum absolute atomic E-state index is 0.267. The molecule has 0 atom stereocenters. The summed E-state index contributed by atoms with van der Waals surface area (Å²) in [5.74, 6) is -0.393. The summed E-state index contributed by atoms with van der Waals surface area (Å²) in [6.45, 7) is 0.0549. The molecule has 0 amide bonds. The molecule has 3 N–H and O–H groups in total. The van der Waals surface area contributed by atoms with Gasteiger partial charge in [0, 0.05) is 12.1 Å². The third-order valence-corrected chi connectivity index (χ3v) is 1.52. The predicted octanol–water partition coefficient (Wildman–Crippen LogP) is 0.777. The van der Waals surface area contributed by atoms with Crippen LogP contribution in [0.15, 0.2) is 18.2 Å². The van der Waals surface area contributed by atoms with Crippen LogP contribution in [-0.2, 0) is 13.2 Å². The Morgan fingerprint density at radius 3 is 2.64 bits per heavy atom. The van der Waals surface area contributed by atoms with Crippen molar-refractivity contribution in [2.75, 3.05) is 0 Å². The number of nitrogens with two attached hydrogens (primary N) is 1. The van der Waals surface area contributed by atoms with Gasteiger partial charge in [-0.1, -0.05) is 12.1 Å². The van der Waals surface area contributed by atoms with Crippen molar-refractivity contribution < 1.29 is 9.50 Å². The van der Waals surface area contributed by atoms with E-state index >= 15 is 0 Å². The lowest BCUT2D eigenvalue weighted by molar-refractivity contribution is 0.275. The van der Waals surface area contributed by atoms with Crippen molar-refractivity contribution in [2.45, 2.75) is 13.2 Å². The van der Waals surface area contributed by atoms with Crippen LogP contribution in [-0.4, -0.2) is 5.11 Å². The van der Waals surface area contributed by atoms with Gasteiger partial charge in [0.1, 0.15) is 5.82 Å². The smallest absolute Gasteiger partial charge is 0.129 e. The van der Waals surface area contributed by atoms with Gasteiger partial charge in [-0.2, -0.15) is 0 Å². The summed E-state index contributed by atoms with van der Waals surface area (Å²) >= 11 is 0. The Hall–Kier alpha value is -0.930. The fourth-order valence-electron chi connectivity index (χ4n) is 0.846. The highest BCUT2D eigenvalue weighted by Gasteiger charge is 2.00. The van der Waals surface area contributed by atoms with Gasteiger partial charge >= 0.3 is 0 Å². The number of benzene rings is 1. The first-order valence-corrected chi connectivity index (χ1v) is 3.36. The second-order valence-corrected chi connectivity index (χ2v) is 2.29. The van der Waals surface area contributed by atoms with Crippen molar-refractivity contribution >= 4 is 0 Å². The van der Waals surface area contributed by atoms with Crippen LogP contribution in [0.3, 0.4) is 0 Å².